The molecular weight excluding hydrogens is 485 g/mol. The molecule has 170 valence electrons. The number of carbonyl (C=O) groups is 1. The number of carbonyl (C=O) groups excluding carboxylic acids is 1. The van der Waals surface area contributed by atoms with Gasteiger partial charge in [-0.3, -0.25) is 14.0 Å². The van der Waals surface area contributed by atoms with Gasteiger partial charge in [0.15, 0.2) is 5.49 Å². The van der Waals surface area contributed by atoms with Crippen molar-refractivity contribution in [2.75, 3.05) is 0 Å². The number of hydrogen-bond donors (Lipinski definition) is 0. The molecule has 7 nitrogen and oxygen atoms in total. The normalized spacial score (nSPS) is 11.6. The number of nitriles is 1. The van der Waals surface area contributed by atoms with Gasteiger partial charge in [-0.15, -0.1) is 0 Å². The lowest BCUT2D eigenvalue weighted by atomic mass is 10.1. The molecule has 5 rings (SSSR count). The van der Waals surface area contributed by atoms with Gasteiger partial charge < -0.3 is 4.57 Å². The zero-order valence-corrected chi connectivity index (χ0v) is 19.5. The predicted molar refractivity (Wildman–Crippen MR) is 134 cm³/mol. The highest BCUT2D eigenvalue weighted by atomic mass is 35.5. The zero-order valence-electron chi connectivity index (χ0n) is 18.0. The summed E-state index contributed by atoms with van der Waals surface area (Å²) >= 11 is 12.2. The van der Waals surface area contributed by atoms with Gasteiger partial charge >= 0.3 is 0 Å². The number of halogens is 2. The fourth-order valence-electron chi connectivity index (χ4n) is 3.82. The molecule has 0 N–H and O–H groups in total. The Morgan fingerprint density at radius 2 is 1.80 bits per heavy atom. The van der Waals surface area contributed by atoms with Gasteiger partial charge in [0.05, 0.1) is 28.1 Å². The number of rotatable bonds is 3. The van der Waals surface area contributed by atoms with E-state index in [-0.39, 0.29) is 39.1 Å². The van der Waals surface area contributed by atoms with Crippen molar-refractivity contribution in [3.05, 3.63) is 122 Å². The Kier molecular flexibility index (Phi) is 5.91. The molecule has 9 heteroatoms. The minimum Gasteiger partial charge on any atom is -0.305 e. The minimum atomic E-state index is -0.651. The number of pyridine rings is 2. The van der Waals surface area contributed by atoms with Crippen LogP contribution in [0.1, 0.15) is 21.5 Å². The van der Waals surface area contributed by atoms with Crippen molar-refractivity contribution in [1.82, 2.24) is 14.0 Å². The van der Waals surface area contributed by atoms with E-state index in [1.807, 2.05) is 30.3 Å². The van der Waals surface area contributed by atoms with Crippen molar-refractivity contribution in [3.63, 3.8) is 0 Å². The average molecular weight is 500 g/mol. The quantitative estimate of drug-likeness (QED) is 0.338. The number of nitrogens with zero attached hydrogens (tertiary/aromatic N) is 5. The zero-order chi connectivity index (χ0) is 24.5. The predicted octanol–water partition coefficient (Wildman–Crippen LogP) is 4.62. The molecule has 0 fully saturated rings. The van der Waals surface area contributed by atoms with Crippen LogP contribution in [0.25, 0.3) is 16.7 Å². The molecule has 0 saturated carbocycles. The van der Waals surface area contributed by atoms with E-state index in [9.17, 15) is 14.9 Å². The SMILES string of the molecule is N#Cc1cc2c(=O)n3ccccc3nc2n(Cc2ccccc2)c1=NC(=O)c1ccc(Cl)cc1Cl. The first-order valence-electron chi connectivity index (χ1n) is 10.5. The first-order valence-corrected chi connectivity index (χ1v) is 11.2. The molecule has 0 atom stereocenters. The fraction of sp³-hybridized carbons (Fsp3) is 0.0385. The molecule has 3 aromatic heterocycles. The van der Waals surface area contributed by atoms with Gasteiger partial charge in [0, 0.05) is 11.2 Å². The molecule has 0 spiro atoms. The van der Waals surface area contributed by atoms with Gasteiger partial charge in [0.2, 0.25) is 0 Å². The van der Waals surface area contributed by atoms with Crippen LogP contribution >= 0.6 is 23.2 Å². The Morgan fingerprint density at radius 3 is 2.54 bits per heavy atom. The largest absolute Gasteiger partial charge is 0.305 e. The second-order valence-electron chi connectivity index (χ2n) is 7.69. The lowest BCUT2D eigenvalue weighted by Crippen LogP contribution is -2.30. The Balaban J connectivity index is 1.87. The molecule has 35 heavy (non-hydrogen) atoms. The minimum absolute atomic E-state index is 0.0571. The Bertz CT molecular complexity index is 1800. The molecule has 0 aliphatic rings. The standard InChI is InChI=1S/C26H15Cl2N5O2/c27-18-9-10-19(21(28)13-18)25(34)31-23-17(14-29)12-20-24(33(23)15-16-6-2-1-3-7-16)30-22-8-4-5-11-32(22)26(20)35/h1-13H,15H2. The molecule has 1 amide bonds. The van der Waals surface area contributed by atoms with Crippen molar-refractivity contribution in [2.45, 2.75) is 6.54 Å². The molecule has 0 bridgehead atoms. The second kappa shape index (κ2) is 9.18. The third-order valence-electron chi connectivity index (χ3n) is 5.46. The van der Waals surface area contributed by atoms with Crippen molar-refractivity contribution < 1.29 is 4.79 Å². The third-order valence-corrected chi connectivity index (χ3v) is 6.01. The van der Waals surface area contributed by atoms with Crippen LogP contribution in [-0.2, 0) is 6.54 Å². The van der Waals surface area contributed by atoms with Gasteiger partial charge in [-0.1, -0.05) is 59.6 Å². The number of benzene rings is 2. The Labute approximate surface area is 208 Å². The summed E-state index contributed by atoms with van der Waals surface area (Å²) in [6, 6.07) is 22.6. The maximum Gasteiger partial charge on any atom is 0.280 e. The van der Waals surface area contributed by atoms with E-state index >= 15 is 0 Å². The van der Waals surface area contributed by atoms with E-state index in [1.54, 1.807) is 29.0 Å². The van der Waals surface area contributed by atoms with Crippen molar-refractivity contribution >= 4 is 45.8 Å². The van der Waals surface area contributed by atoms with Crippen LogP contribution in [0, 0.1) is 11.3 Å². The second-order valence-corrected chi connectivity index (χ2v) is 8.53. The topological polar surface area (TPSA) is 92.5 Å². The highest BCUT2D eigenvalue weighted by Gasteiger charge is 2.17. The van der Waals surface area contributed by atoms with Crippen molar-refractivity contribution in [3.8, 4) is 6.07 Å². The van der Waals surface area contributed by atoms with Crippen LogP contribution in [0.15, 0.2) is 88.8 Å². The number of hydrogen-bond acceptors (Lipinski definition) is 4. The first kappa shape index (κ1) is 22.5. The average Bonchev–Trinajstić information content (AvgIpc) is 2.86. The van der Waals surface area contributed by atoms with E-state index in [4.69, 9.17) is 23.2 Å². The van der Waals surface area contributed by atoms with Gasteiger partial charge in [0.25, 0.3) is 11.5 Å². The molecule has 2 aromatic carbocycles. The van der Waals surface area contributed by atoms with Crippen LogP contribution in [0.5, 0.6) is 0 Å². The maximum absolute atomic E-state index is 13.3. The summed E-state index contributed by atoms with van der Waals surface area (Å²) in [7, 11) is 0. The maximum atomic E-state index is 13.3. The molecule has 3 heterocycles. The van der Waals surface area contributed by atoms with E-state index in [0.717, 1.165) is 5.56 Å². The molecule has 0 aliphatic heterocycles. The van der Waals surface area contributed by atoms with Crippen LogP contribution in [0.2, 0.25) is 10.0 Å². The lowest BCUT2D eigenvalue weighted by Gasteiger charge is -2.14. The number of aromatic nitrogens is 3. The van der Waals surface area contributed by atoms with Crippen molar-refractivity contribution in [2.24, 2.45) is 4.99 Å². The van der Waals surface area contributed by atoms with Gasteiger partial charge in [-0.25, -0.2) is 4.98 Å². The molecule has 5 aromatic rings. The highest BCUT2D eigenvalue weighted by Crippen LogP contribution is 2.21. The fourth-order valence-corrected chi connectivity index (χ4v) is 4.30. The highest BCUT2D eigenvalue weighted by molar-refractivity contribution is 6.36. The molecule has 0 unspecified atom stereocenters. The molecule has 0 saturated heterocycles. The summed E-state index contributed by atoms with van der Waals surface area (Å²) in [6.45, 7) is 0.225. The first-order chi connectivity index (χ1) is 17.0. The summed E-state index contributed by atoms with van der Waals surface area (Å²) in [5.74, 6) is -0.651. The number of amides is 1. The van der Waals surface area contributed by atoms with Crippen LogP contribution in [-0.4, -0.2) is 19.9 Å². The summed E-state index contributed by atoms with van der Waals surface area (Å²) in [5.41, 5.74) is 1.54. The van der Waals surface area contributed by atoms with Gasteiger partial charge in [-0.05, 0) is 42.0 Å². The summed E-state index contributed by atoms with van der Waals surface area (Å²) in [5, 5.41) is 10.7. The molecular formula is C26H15Cl2N5O2. The third kappa shape index (κ3) is 4.21. The summed E-state index contributed by atoms with van der Waals surface area (Å²) < 4.78 is 3.02. The monoisotopic (exact) mass is 499 g/mol. The van der Waals surface area contributed by atoms with E-state index in [0.29, 0.717) is 16.3 Å². The van der Waals surface area contributed by atoms with E-state index in [1.165, 1.54) is 28.7 Å². The molecule has 0 radical (unpaired) electrons. The van der Waals surface area contributed by atoms with E-state index < -0.39 is 5.91 Å². The lowest BCUT2D eigenvalue weighted by molar-refractivity contribution is 0.0997. The van der Waals surface area contributed by atoms with Crippen LogP contribution in [0.4, 0.5) is 0 Å². The summed E-state index contributed by atoms with van der Waals surface area (Å²) in [6.07, 6.45) is 1.61. The van der Waals surface area contributed by atoms with Gasteiger partial charge in [-0.2, -0.15) is 10.3 Å². The van der Waals surface area contributed by atoms with Crippen LogP contribution in [0.3, 0.4) is 0 Å². The Morgan fingerprint density at radius 1 is 1.03 bits per heavy atom. The Hall–Kier alpha value is -4.25. The number of fused-ring (bicyclic) bond motifs is 2. The molecule has 0 aliphatic carbocycles. The van der Waals surface area contributed by atoms with E-state index in [2.05, 4.69) is 16.0 Å². The summed E-state index contributed by atoms with van der Waals surface area (Å²) in [4.78, 5) is 35.3. The smallest absolute Gasteiger partial charge is 0.280 e. The van der Waals surface area contributed by atoms with Crippen molar-refractivity contribution in [1.29, 1.82) is 5.26 Å². The van der Waals surface area contributed by atoms with Crippen LogP contribution < -0.4 is 11.0 Å². The van der Waals surface area contributed by atoms with Gasteiger partial charge in [0.1, 0.15) is 17.4 Å².